The van der Waals surface area contributed by atoms with Crippen molar-refractivity contribution < 1.29 is 14.0 Å². The fourth-order valence-corrected chi connectivity index (χ4v) is 2.57. The zero-order valence-corrected chi connectivity index (χ0v) is 12.5. The van der Waals surface area contributed by atoms with Crippen LogP contribution in [0.5, 0.6) is 0 Å². The van der Waals surface area contributed by atoms with E-state index in [0.717, 1.165) is 0 Å². The van der Waals surface area contributed by atoms with Gasteiger partial charge in [0, 0.05) is 23.6 Å². The van der Waals surface area contributed by atoms with E-state index in [-0.39, 0.29) is 11.5 Å². The quantitative estimate of drug-likeness (QED) is 0.854. The highest BCUT2D eigenvalue weighted by Crippen LogP contribution is 2.23. The van der Waals surface area contributed by atoms with Crippen molar-refractivity contribution in [2.45, 2.75) is 18.5 Å². The number of rotatable bonds is 4. The molecular formula is C13H15BrFN3O2. The molecule has 0 aromatic heterocycles. The number of benzene rings is 1. The zero-order valence-electron chi connectivity index (χ0n) is 10.9. The van der Waals surface area contributed by atoms with Gasteiger partial charge in [0.2, 0.25) is 11.8 Å². The maximum atomic E-state index is 13.9. The second-order valence-electron chi connectivity index (χ2n) is 4.77. The van der Waals surface area contributed by atoms with E-state index in [4.69, 9.17) is 5.73 Å². The van der Waals surface area contributed by atoms with Gasteiger partial charge in [-0.3, -0.25) is 14.9 Å². The summed E-state index contributed by atoms with van der Waals surface area (Å²) in [7, 11) is 1.68. The van der Waals surface area contributed by atoms with E-state index < -0.39 is 23.8 Å². The van der Waals surface area contributed by atoms with Gasteiger partial charge in [-0.15, -0.1) is 0 Å². The van der Waals surface area contributed by atoms with Crippen molar-refractivity contribution in [3.63, 3.8) is 0 Å². The topological polar surface area (TPSA) is 75.4 Å². The van der Waals surface area contributed by atoms with E-state index in [1.165, 1.54) is 12.1 Å². The average molecular weight is 344 g/mol. The Bertz CT molecular complexity index is 552. The summed E-state index contributed by atoms with van der Waals surface area (Å²) in [5.74, 6) is -1.38. The summed E-state index contributed by atoms with van der Waals surface area (Å²) >= 11 is 3.15. The van der Waals surface area contributed by atoms with Crippen molar-refractivity contribution in [2.75, 3.05) is 13.6 Å². The predicted molar refractivity (Wildman–Crippen MR) is 75.2 cm³/mol. The Morgan fingerprint density at radius 2 is 2.30 bits per heavy atom. The van der Waals surface area contributed by atoms with E-state index in [1.54, 1.807) is 18.0 Å². The Kier molecular flexibility index (Phi) is 4.39. The second kappa shape index (κ2) is 5.88. The number of likely N-dealkylation sites (tertiary alicyclic amines) is 1. The van der Waals surface area contributed by atoms with E-state index in [1.807, 2.05) is 0 Å². The first-order chi connectivity index (χ1) is 9.40. The molecule has 1 fully saturated rings. The average Bonchev–Trinajstić information content (AvgIpc) is 2.68. The molecule has 0 spiro atoms. The van der Waals surface area contributed by atoms with E-state index in [2.05, 4.69) is 21.2 Å². The molecule has 5 nitrogen and oxygen atoms in total. The molecule has 1 aromatic rings. The SMILES string of the molecule is CN1CC[C@H](N[C@H](C(N)=O)c2ccc(Br)cc2F)C1=O. The second-order valence-corrected chi connectivity index (χ2v) is 5.68. The molecule has 20 heavy (non-hydrogen) atoms. The van der Waals surface area contributed by atoms with Crippen molar-refractivity contribution in [1.82, 2.24) is 10.2 Å². The number of carbonyl (C=O) groups excluding carboxylic acids is 2. The van der Waals surface area contributed by atoms with Crippen molar-refractivity contribution in [2.24, 2.45) is 5.73 Å². The molecule has 7 heteroatoms. The first kappa shape index (κ1) is 14.9. The van der Waals surface area contributed by atoms with Gasteiger partial charge in [-0.1, -0.05) is 22.0 Å². The lowest BCUT2D eigenvalue weighted by Gasteiger charge is -2.20. The van der Waals surface area contributed by atoms with Gasteiger partial charge in [0.1, 0.15) is 11.9 Å². The number of nitrogens with zero attached hydrogens (tertiary/aromatic N) is 1. The molecule has 2 atom stereocenters. The Balaban J connectivity index is 2.24. The van der Waals surface area contributed by atoms with Crippen LogP contribution in [0.4, 0.5) is 4.39 Å². The molecule has 0 bridgehead atoms. The third-order valence-corrected chi connectivity index (χ3v) is 3.85. The molecule has 1 saturated heterocycles. The fourth-order valence-electron chi connectivity index (χ4n) is 2.24. The van der Waals surface area contributed by atoms with Crippen LogP contribution in [-0.4, -0.2) is 36.3 Å². The van der Waals surface area contributed by atoms with Crippen LogP contribution in [0, 0.1) is 5.82 Å². The maximum Gasteiger partial charge on any atom is 0.239 e. The normalized spacial score (nSPS) is 20.2. The van der Waals surface area contributed by atoms with Gasteiger partial charge >= 0.3 is 0 Å². The number of hydrogen-bond acceptors (Lipinski definition) is 3. The summed E-state index contributed by atoms with van der Waals surface area (Å²) in [4.78, 5) is 25.0. The molecule has 0 aliphatic carbocycles. The van der Waals surface area contributed by atoms with Crippen LogP contribution in [0.2, 0.25) is 0 Å². The van der Waals surface area contributed by atoms with Crippen LogP contribution in [0.1, 0.15) is 18.0 Å². The molecule has 2 amide bonds. The summed E-state index contributed by atoms with van der Waals surface area (Å²) in [6.07, 6.45) is 0.567. The van der Waals surface area contributed by atoms with E-state index in [9.17, 15) is 14.0 Å². The summed E-state index contributed by atoms with van der Waals surface area (Å²) in [5, 5.41) is 2.85. The van der Waals surface area contributed by atoms with E-state index in [0.29, 0.717) is 17.4 Å². The first-order valence-electron chi connectivity index (χ1n) is 6.15. The first-order valence-corrected chi connectivity index (χ1v) is 6.94. The largest absolute Gasteiger partial charge is 0.368 e. The molecule has 3 N–H and O–H groups in total. The molecular weight excluding hydrogens is 329 g/mol. The number of nitrogens with one attached hydrogen (secondary N) is 1. The molecule has 1 aliphatic heterocycles. The Morgan fingerprint density at radius 1 is 1.60 bits per heavy atom. The molecule has 2 rings (SSSR count). The summed E-state index contributed by atoms with van der Waals surface area (Å²) < 4.78 is 14.5. The number of primary amides is 1. The van der Waals surface area contributed by atoms with Crippen LogP contribution < -0.4 is 11.1 Å². The van der Waals surface area contributed by atoms with Gasteiger partial charge in [-0.2, -0.15) is 0 Å². The standard InChI is InChI=1S/C13H15BrFN3O2/c1-18-5-4-10(13(18)20)17-11(12(16)19)8-3-2-7(14)6-9(8)15/h2-3,6,10-11,17H,4-5H2,1H3,(H2,16,19)/t10-,11-/m0/s1. The predicted octanol–water partition coefficient (Wildman–Crippen LogP) is 0.935. The van der Waals surface area contributed by atoms with Gasteiger partial charge in [-0.25, -0.2) is 4.39 Å². The molecule has 1 aromatic carbocycles. The van der Waals surface area contributed by atoms with Crippen molar-refractivity contribution >= 4 is 27.7 Å². The molecule has 1 aliphatic rings. The van der Waals surface area contributed by atoms with Crippen LogP contribution in [0.15, 0.2) is 22.7 Å². The smallest absolute Gasteiger partial charge is 0.239 e. The van der Waals surface area contributed by atoms with Crippen molar-refractivity contribution in [3.8, 4) is 0 Å². The minimum absolute atomic E-state index is 0.117. The lowest BCUT2D eigenvalue weighted by Crippen LogP contribution is -2.44. The molecule has 108 valence electrons. The fraction of sp³-hybridized carbons (Fsp3) is 0.385. The lowest BCUT2D eigenvalue weighted by molar-refractivity contribution is -0.128. The number of halogens is 2. The maximum absolute atomic E-state index is 13.9. The Hall–Kier alpha value is -1.47. The van der Waals surface area contributed by atoms with Crippen molar-refractivity contribution in [3.05, 3.63) is 34.1 Å². The highest BCUT2D eigenvalue weighted by atomic mass is 79.9. The van der Waals surface area contributed by atoms with Gasteiger partial charge in [-0.05, 0) is 18.6 Å². The number of amides is 2. The number of nitrogens with two attached hydrogens (primary N) is 1. The van der Waals surface area contributed by atoms with Gasteiger partial charge in [0.25, 0.3) is 0 Å². The molecule has 0 radical (unpaired) electrons. The van der Waals surface area contributed by atoms with E-state index >= 15 is 0 Å². The molecule has 1 heterocycles. The third kappa shape index (κ3) is 2.99. The minimum atomic E-state index is -1.02. The van der Waals surface area contributed by atoms with Crippen molar-refractivity contribution in [1.29, 1.82) is 0 Å². The van der Waals surface area contributed by atoms with Crippen LogP contribution >= 0.6 is 15.9 Å². The van der Waals surface area contributed by atoms with Crippen LogP contribution in [0.25, 0.3) is 0 Å². The number of likely N-dealkylation sites (N-methyl/N-ethyl adjacent to an activating group) is 1. The molecule has 0 saturated carbocycles. The lowest BCUT2D eigenvalue weighted by atomic mass is 10.0. The summed E-state index contributed by atoms with van der Waals surface area (Å²) in [5.41, 5.74) is 5.47. The van der Waals surface area contributed by atoms with Crippen LogP contribution in [-0.2, 0) is 9.59 Å². The number of carbonyl (C=O) groups is 2. The summed E-state index contributed by atoms with van der Waals surface area (Å²) in [6, 6.07) is 2.82. The Morgan fingerprint density at radius 3 is 2.80 bits per heavy atom. The number of hydrogen-bond donors (Lipinski definition) is 2. The highest BCUT2D eigenvalue weighted by Gasteiger charge is 2.33. The third-order valence-electron chi connectivity index (χ3n) is 3.35. The van der Waals surface area contributed by atoms with Gasteiger partial charge < -0.3 is 10.6 Å². The monoisotopic (exact) mass is 343 g/mol. The highest BCUT2D eigenvalue weighted by molar-refractivity contribution is 9.10. The Labute approximate surface area is 124 Å². The summed E-state index contributed by atoms with van der Waals surface area (Å²) in [6.45, 7) is 0.602. The minimum Gasteiger partial charge on any atom is -0.368 e. The zero-order chi connectivity index (χ0) is 14.9. The van der Waals surface area contributed by atoms with Gasteiger partial charge in [0.15, 0.2) is 0 Å². The van der Waals surface area contributed by atoms with Gasteiger partial charge in [0.05, 0.1) is 6.04 Å². The molecule has 0 unspecified atom stereocenters. The van der Waals surface area contributed by atoms with Crippen LogP contribution in [0.3, 0.4) is 0 Å².